The van der Waals surface area contributed by atoms with Crippen LogP contribution >= 0.6 is 0 Å². The fourth-order valence-electron chi connectivity index (χ4n) is 4.47. The summed E-state index contributed by atoms with van der Waals surface area (Å²) in [5.74, 6) is 2.14. The molecule has 1 saturated heterocycles. The lowest BCUT2D eigenvalue weighted by molar-refractivity contribution is 0.155. The third-order valence-electron chi connectivity index (χ3n) is 6.09. The Labute approximate surface area is 185 Å². The van der Waals surface area contributed by atoms with Gasteiger partial charge in [-0.3, -0.25) is 0 Å². The van der Waals surface area contributed by atoms with Crippen molar-refractivity contribution in [2.24, 2.45) is 0 Å². The van der Waals surface area contributed by atoms with Crippen LogP contribution in [-0.4, -0.2) is 74.7 Å². The number of nitrogens with zero attached hydrogens (tertiary/aromatic N) is 6. The molecule has 1 aliphatic rings. The third-order valence-corrected chi connectivity index (χ3v) is 6.09. The van der Waals surface area contributed by atoms with Crippen LogP contribution in [0.25, 0.3) is 27.8 Å². The van der Waals surface area contributed by atoms with Crippen LogP contribution in [0.1, 0.15) is 24.6 Å². The number of para-hydroxylation sites is 1. The van der Waals surface area contributed by atoms with Crippen molar-refractivity contribution in [1.82, 2.24) is 34.4 Å². The standard InChI is InChI=1S/C22H26N8O2/c1-28(2)22(31)29-9-7-13(8-10-29)21-27-18(19-20(23)24-12-25-30(19)21)15-11-14-5-4-6-16(32-3)17(14)26-15/h4-6,11-13,26H,7-10H2,1-3H3,(H2,23,24,25). The fourth-order valence-corrected chi connectivity index (χ4v) is 4.47. The van der Waals surface area contributed by atoms with Crippen molar-refractivity contribution in [1.29, 1.82) is 0 Å². The minimum Gasteiger partial charge on any atom is -0.495 e. The van der Waals surface area contributed by atoms with Gasteiger partial charge in [0.25, 0.3) is 0 Å². The van der Waals surface area contributed by atoms with E-state index in [0.717, 1.165) is 41.0 Å². The molecule has 166 valence electrons. The topological polar surface area (TPSA) is 118 Å². The highest BCUT2D eigenvalue weighted by Gasteiger charge is 2.29. The Hall–Kier alpha value is -3.82. The molecule has 1 aliphatic heterocycles. The molecular formula is C22H26N8O2. The van der Waals surface area contributed by atoms with Crippen LogP contribution in [-0.2, 0) is 0 Å². The lowest BCUT2D eigenvalue weighted by Gasteiger charge is -2.33. The van der Waals surface area contributed by atoms with Gasteiger partial charge in [0.1, 0.15) is 29.1 Å². The van der Waals surface area contributed by atoms with Gasteiger partial charge in [0.05, 0.1) is 18.3 Å². The maximum Gasteiger partial charge on any atom is 0.319 e. The van der Waals surface area contributed by atoms with Crippen molar-refractivity contribution in [3.8, 4) is 17.1 Å². The molecule has 32 heavy (non-hydrogen) atoms. The van der Waals surface area contributed by atoms with E-state index in [1.165, 1.54) is 6.33 Å². The number of nitrogens with two attached hydrogens (primary N) is 1. The Bertz CT molecular complexity index is 1300. The summed E-state index contributed by atoms with van der Waals surface area (Å²) in [4.78, 5) is 28.4. The van der Waals surface area contributed by atoms with Crippen molar-refractivity contribution in [2.45, 2.75) is 18.8 Å². The van der Waals surface area contributed by atoms with Gasteiger partial charge in [0.2, 0.25) is 0 Å². The molecular weight excluding hydrogens is 408 g/mol. The summed E-state index contributed by atoms with van der Waals surface area (Å²) >= 11 is 0. The quantitative estimate of drug-likeness (QED) is 0.512. The van der Waals surface area contributed by atoms with Gasteiger partial charge in [0, 0.05) is 38.5 Å². The molecule has 0 bridgehead atoms. The monoisotopic (exact) mass is 434 g/mol. The number of H-pyrrole nitrogens is 1. The van der Waals surface area contributed by atoms with Crippen molar-refractivity contribution < 1.29 is 9.53 Å². The maximum absolute atomic E-state index is 12.3. The van der Waals surface area contributed by atoms with Gasteiger partial charge in [-0.2, -0.15) is 5.10 Å². The van der Waals surface area contributed by atoms with Gasteiger partial charge >= 0.3 is 6.03 Å². The van der Waals surface area contributed by atoms with Gasteiger partial charge < -0.3 is 25.3 Å². The van der Waals surface area contributed by atoms with E-state index >= 15 is 0 Å². The summed E-state index contributed by atoms with van der Waals surface area (Å²) in [6.07, 6.45) is 3.07. The smallest absolute Gasteiger partial charge is 0.319 e. The first-order valence-corrected chi connectivity index (χ1v) is 10.6. The number of methoxy groups -OCH3 is 1. The Balaban J connectivity index is 1.56. The normalized spacial score (nSPS) is 14.9. The average Bonchev–Trinajstić information content (AvgIpc) is 3.41. The number of piperidine rings is 1. The predicted molar refractivity (Wildman–Crippen MR) is 122 cm³/mol. The van der Waals surface area contributed by atoms with Gasteiger partial charge in [-0.05, 0) is 25.0 Å². The van der Waals surface area contributed by atoms with E-state index in [1.807, 2.05) is 29.2 Å². The van der Waals surface area contributed by atoms with Crippen LogP contribution in [0.4, 0.5) is 10.6 Å². The van der Waals surface area contributed by atoms with Gasteiger partial charge in [-0.1, -0.05) is 12.1 Å². The number of likely N-dealkylation sites (tertiary alicyclic amines) is 1. The number of fused-ring (bicyclic) bond motifs is 2. The molecule has 1 fully saturated rings. The number of ether oxygens (including phenoxy) is 1. The molecule has 4 heterocycles. The number of urea groups is 1. The molecule has 10 heteroatoms. The summed E-state index contributed by atoms with van der Waals surface area (Å²) in [5.41, 5.74) is 9.40. The number of benzene rings is 1. The highest BCUT2D eigenvalue weighted by atomic mass is 16.5. The van der Waals surface area contributed by atoms with E-state index in [0.29, 0.717) is 30.1 Å². The zero-order chi connectivity index (χ0) is 22.4. The number of carbonyl (C=O) groups excluding carboxylic acids is 1. The van der Waals surface area contributed by atoms with Gasteiger partial charge in [-0.25, -0.2) is 19.3 Å². The Morgan fingerprint density at radius 3 is 2.78 bits per heavy atom. The molecule has 5 rings (SSSR count). The number of hydrogen-bond donors (Lipinski definition) is 2. The second-order valence-corrected chi connectivity index (χ2v) is 8.27. The molecule has 4 aromatic rings. The molecule has 1 aromatic carbocycles. The first-order valence-electron chi connectivity index (χ1n) is 10.6. The summed E-state index contributed by atoms with van der Waals surface area (Å²) in [6, 6.07) is 7.97. The number of imidazole rings is 1. The van der Waals surface area contributed by atoms with Gasteiger partial charge in [-0.15, -0.1) is 0 Å². The van der Waals surface area contributed by atoms with Crippen molar-refractivity contribution in [3.05, 3.63) is 36.4 Å². The summed E-state index contributed by atoms with van der Waals surface area (Å²) in [5, 5.41) is 5.49. The number of nitrogen functional groups attached to an aromatic ring is 1. The van der Waals surface area contributed by atoms with E-state index in [4.69, 9.17) is 15.5 Å². The van der Waals surface area contributed by atoms with Crippen LogP contribution in [0, 0.1) is 0 Å². The molecule has 3 N–H and O–H groups in total. The van der Waals surface area contributed by atoms with E-state index in [9.17, 15) is 4.79 Å². The minimum absolute atomic E-state index is 0.0377. The third kappa shape index (κ3) is 3.19. The maximum atomic E-state index is 12.3. The van der Waals surface area contributed by atoms with Gasteiger partial charge in [0.15, 0.2) is 5.82 Å². The van der Waals surface area contributed by atoms with E-state index in [1.54, 1.807) is 30.6 Å². The largest absolute Gasteiger partial charge is 0.495 e. The number of nitrogens with one attached hydrogen (secondary N) is 1. The highest BCUT2D eigenvalue weighted by Crippen LogP contribution is 2.36. The zero-order valence-corrected chi connectivity index (χ0v) is 18.4. The first kappa shape index (κ1) is 20.1. The van der Waals surface area contributed by atoms with Crippen LogP contribution < -0.4 is 10.5 Å². The molecule has 0 atom stereocenters. The lowest BCUT2D eigenvalue weighted by Crippen LogP contribution is -2.43. The Morgan fingerprint density at radius 2 is 2.06 bits per heavy atom. The molecule has 0 aliphatic carbocycles. The number of aromatic amines is 1. The van der Waals surface area contributed by atoms with E-state index in [-0.39, 0.29) is 11.9 Å². The second-order valence-electron chi connectivity index (χ2n) is 8.27. The van der Waals surface area contributed by atoms with Crippen molar-refractivity contribution >= 4 is 28.3 Å². The number of aromatic nitrogens is 5. The molecule has 2 amide bonds. The molecule has 0 saturated carbocycles. The number of anilines is 1. The van der Waals surface area contributed by atoms with Crippen LogP contribution in [0.3, 0.4) is 0 Å². The number of carbonyl (C=O) groups is 1. The molecule has 0 unspecified atom stereocenters. The zero-order valence-electron chi connectivity index (χ0n) is 18.4. The summed E-state index contributed by atoms with van der Waals surface area (Å²) in [6.45, 7) is 1.35. The van der Waals surface area contributed by atoms with Crippen molar-refractivity contribution in [3.63, 3.8) is 0 Å². The van der Waals surface area contributed by atoms with Crippen LogP contribution in [0.15, 0.2) is 30.6 Å². The summed E-state index contributed by atoms with van der Waals surface area (Å²) < 4.78 is 7.29. The van der Waals surface area contributed by atoms with Crippen molar-refractivity contribution in [2.75, 3.05) is 40.0 Å². The molecule has 3 aromatic heterocycles. The molecule has 0 spiro atoms. The lowest BCUT2D eigenvalue weighted by atomic mass is 9.96. The number of rotatable bonds is 3. The van der Waals surface area contributed by atoms with Crippen LogP contribution in [0.5, 0.6) is 5.75 Å². The number of hydrogen-bond acceptors (Lipinski definition) is 6. The fraction of sp³-hybridized carbons (Fsp3) is 0.364. The van der Waals surface area contributed by atoms with Crippen LogP contribution in [0.2, 0.25) is 0 Å². The molecule has 10 nitrogen and oxygen atoms in total. The Kier molecular flexibility index (Phi) is 4.84. The SMILES string of the molecule is COc1cccc2cc(-c3nc(C4CCN(C(=O)N(C)C)CC4)n4ncnc(N)c34)[nH]c12. The second kappa shape index (κ2) is 7.70. The Morgan fingerprint density at radius 1 is 1.28 bits per heavy atom. The highest BCUT2D eigenvalue weighted by molar-refractivity contribution is 5.93. The van der Waals surface area contributed by atoms with E-state index in [2.05, 4.69) is 15.1 Å². The predicted octanol–water partition coefficient (Wildman–Crippen LogP) is 2.72. The summed E-state index contributed by atoms with van der Waals surface area (Å²) in [7, 11) is 5.20. The van der Waals surface area contributed by atoms with E-state index < -0.39 is 0 Å². The number of amides is 2. The minimum atomic E-state index is 0.0377. The molecule has 0 radical (unpaired) electrons. The first-order chi connectivity index (χ1) is 15.5. The average molecular weight is 435 g/mol.